The molecule has 10 heteroatoms. The fourth-order valence-electron chi connectivity index (χ4n) is 2.42. The van der Waals surface area contributed by atoms with Gasteiger partial charge in [-0.05, 0) is 24.6 Å². The van der Waals surface area contributed by atoms with Crippen LogP contribution in [-0.2, 0) is 18.3 Å². The molecule has 0 radical (unpaired) electrons. The Bertz CT molecular complexity index is 1030. The number of aromatic nitrogens is 2. The third-order valence-electron chi connectivity index (χ3n) is 3.79. The van der Waals surface area contributed by atoms with E-state index in [0.717, 1.165) is 9.13 Å². The minimum absolute atomic E-state index is 0.0196. The van der Waals surface area contributed by atoms with Crippen molar-refractivity contribution in [2.75, 3.05) is 12.3 Å². The predicted octanol–water partition coefficient (Wildman–Crippen LogP) is 1.89. The molecule has 0 aliphatic carbocycles. The summed E-state index contributed by atoms with van der Waals surface area (Å²) in [4.78, 5) is 49.0. The van der Waals surface area contributed by atoms with Gasteiger partial charge in [0.1, 0.15) is 11.4 Å². The zero-order valence-electron chi connectivity index (χ0n) is 14.6. The molecule has 0 fully saturated rings. The second-order valence-electron chi connectivity index (χ2n) is 5.68. The van der Waals surface area contributed by atoms with Gasteiger partial charge in [0, 0.05) is 18.6 Å². The SMILES string of the molecule is CCCn1c(N)c(C(=O)COC(=O)c2cc(Cl)ccc2Cl)c(=O)n(C)c1=O. The van der Waals surface area contributed by atoms with E-state index in [1.165, 1.54) is 25.2 Å². The van der Waals surface area contributed by atoms with E-state index in [0.29, 0.717) is 6.42 Å². The third kappa shape index (κ3) is 4.23. The summed E-state index contributed by atoms with van der Waals surface area (Å²) in [5.74, 6) is -1.97. The number of hydrogen-bond acceptors (Lipinski definition) is 6. The Kier molecular flexibility index (Phi) is 6.45. The lowest BCUT2D eigenvalue weighted by Crippen LogP contribution is -2.43. The molecular weight excluding hydrogens is 397 g/mol. The Morgan fingerprint density at radius 3 is 2.52 bits per heavy atom. The van der Waals surface area contributed by atoms with E-state index < -0.39 is 35.2 Å². The Balaban J connectivity index is 2.31. The quantitative estimate of drug-likeness (QED) is 0.571. The molecule has 2 aromatic rings. The van der Waals surface area contributed by atoms with E-state index in [1.54, 1.807) is 0 Å². The first-order valence-corrected chi connectivity index (χ1v) is 8.69. The van der Waals surface area contributed by atoms with Crippen molar-refractivity contribution in [3.63, 3.8) is 0 Å². The van der Waals surface area contributed by atoms with Crippen LogP contribution in [0.3, 0.4) is 0 Å². The van der Waals surface area contributed by atoms with Crippen molar-refractivity contribution in [3.8, 4) is 0 Å². The average molecular weight is 414 g/mol. The minimum Gasteiger partial charge on any atom is -0.454 e. The number of carbonyl (C=O) groups excluding carboxylic acids is 2. The summed E-state index contributed by atoms with van der Waals surface area (Å²) in [6.07, 6.45) is 0.568. The fraction of sp³-hybridized carbons (Fsp3) is 0.294. The summed E-state index contributed by atoms with van der Waals surface area (Å²) >= 11 is 11.7. The number of ketones is 1. The zero-order chi connectivity index (χ0) is 20.3. The minimum atomic E-state index is -0.881. The van der Waals surface area contributed by atoms with Crippen molar-refractivity contribution in [2.45, 2.75) is 19.9 Å². The molecule has 2 N–H and O–H groups in total. The van der Waals surface area contributed by atoms with Crippen molar-refractivity contribution in [3.05, 3.63) is 60.2 Å². The van der Waals surface area contributed by atoms with Crippen molar-refractivity contribution >= 4 is 40.8 Å². The number of rotatable bonds is 6. The van der Waals surface area contributed by atoms with Gasteiger partial charge in [0.05, 0.1) is 10.6 Å². The highest BCUT2D eigenvalue weighted by Gasteiger charge is 2.23. The van der Waals surface area contributed by atoms with Crippen LogP contribution in [-0.4, -0.2) is 27.5 Å². The van der Waals surface area contributed by atoms with Crippen LogP contribution in [0.5, 0.6) is 0 Å². The van der Waals surface area contributed by atoms with E-state index in [9.17, 15) is 19.2 Å². The second-order valence-corrected chi connectivity index (χ2v) is 6.53. The molecule has 27 heavy (non-hydrogen) atoms. The largest absolute Gasteiger partial charge is 0.454 e. The van der Waals surface area contributed by atoms with Gasteiger partial charge in [-0.25, -0.2) is 9.59 Å². The van der Waals surface area contributed by atoms with Gasteiger partial charge in [-0.1, -0.05) is 30.1 Å². The van der Waals surface area contributed by atoms with Gasteiger partial charge in [-0.2, -0.15) is 0 Å². The normalized spacial score (nSPS) is 10.7. The lowest BCUT2D eigenvalue weighted by molar-refractivity contribution is 0.0474. The summed E-state index contributed by atoms with van der Waals surface area (Å²) in [5, 5.41) is 0.367. The topological polar surface area (TPSA) is 113 Å². The lowest BCUT2D eigenvalue weighted by Gasteiger charge is -2.14. The Morgan fingerprint density at radius 2 is 1.89 bits per heavy atom. The highest BCUT2D eigenvalue weighted by atomic mass is 35.5. The number of carbonyl (C=O) groups is 2. The molecule has 0 saturated heterocycles. The Labute approximate surface area is 164 Å². The van der Waals surface area contributed by atoms with E-state index >= 15 is 0 Å². The molecule has 1 aromatic carbocycles. The van der Waals surface area contributed by atoms with Crippen LogP contribution in [0, 0.1) is 0 Å². The van der Waals surface area contributed by atoms with E-state index in [4.69, 9.17) is 33.7 Å². The molecule has 1 heterocycles. The number of nitrogen functional groups attached to an aromatic ring is 1. The average Bonchev–Trinajstić information content (AvgIpc) is 2.63. The van der Waals surface area contributed by atoms with Crippen LogP contribution in [0.2, 0.25) is 10.0 Å². The van der Waals surface area contributed by atoms with Gasteiger partial charge in [0.2, 0.25) is 5.78 Å². The molecule has 0 saturated carbocycles. The number of nitrogens with zero attached hydrogens (tertiary/aromatic N) is 2. The number of esters is 1. The molecule has 0 bridgehead atoms. The fourth-order valence-corrected chi connectivity index (χ4v) is 2.79. The van der Waals surface area contributed by atoms with Crippen LogP contribution in [0.25, 0.3) is 0 Å². The molecule has 144 valence electrons. The highest BCUT2D eigenvalue weighted by Crippen LogP contribution is 2.21. The van der Waals surface area contributed by atoms with Crippen molar-refractivity contribution in [1.82, 2.24) is 9.13 Å². The van der Waals surface area contributed by atoms with Crippen molar-refractivity contribution in [2.24, 2.45) is 7.05 Å². The van der Waals surface area contributed by atoms with E-state index in [1.807, 2.05) is 6.92 Å². The molecule has 2 rings (SSSR count). The highest BCUT2D eigenvalue weighted by molar-refractivity contribution is 6.35. The van der Waals surface area contributed by atoms with E-state index in [2.05, 4.69) is 0 Å². The lowest BCUT2D eigenvalue weighted by atomic mass is 10.2. The van der Waals surface area contributed by atoms with Gasteiger partial charge < -0.3 is 10.5 Å². The molecule has 0 atom stereocenters. The van der Waals surface area contributed by atoms with Crippen LogP contribution in [0.15, 0.2) is 27.8 Å². The smallest absolute Gasteiger partial charge is 0.340 e. The van der Waals surface area contributed by atoms with Crippen LogP contribution in [0.1, 0.15) is 34.1 Å². The van der Waals surface area contributed by atoms with Crippen molar-refractivity contribution < 1.29 is 14.3 Å². The first-order valence-electron chi connectivity index (χ1n) is 7.93. The third-order valence-corrected chi connectivity index (χ3v) is 4.36. The van der Waals surface area contributed by atoms with Gasteiger partial charge in [0.25, 0.3) is 5.56 Å². The summed E-state index contributed by atoms with van der Waals surface area (Å²) in [6, 6.07) is 4.20. The molecule has 0 aliphatic rings. The monoisotopic (exact) mass is 413 g/mol. The number of ether oxygens (including phenoxy) is 1. The molecule has 0 amide bonds. The maximum atomic E-state index is 12.4. The Morgan fingerprint density at radius 1 is 1.22 bits per heavy atom. The molecule has 0 aliphatic heterocycles. The molecule has 1 aromatic heterocycles. The van der Waals surface area contributed by atoms with Crippen LogP contribution >= 0.6 is 23.2 Å². The summed E-state index contributed by atoms with van der Waals surface area (Å²) < 4.78 is 6.85. The second kappa shape index (κ2) is 8.41. The Hall–Kier alpha value is -2.58. The van der Waals surface area contributed by atoms with Gasteiger partial charge in [-0.3, -0.25) is 18.7 Å². The predicted molar refractivity (Wildman–Crippen MR) is 102 cm³/mol. The molecule has 0 unspecified atom stereocenters. The number of nitrogens with two attached hydrogens (primary N) is 1. The van der Waals surface area contributed by atoms with Crippen LogP contribution < -0.4 is 17.0 Å². The van der Waals surface area contributed by atoms with Crippen LogP contribution in [0.4, 0.5) is 5.82 Å². The summed E-state index contributed by atoms with van der Waals surface area (Å²) in [5.41, 5.74) is 3.94. The first-order chi connectivity index (χ1) is 12.7. The summed E-state index contributed by atoms with van der Waals surface area (Å²) in [7, 11) is 1.24. The standard InChI is InChI=1S/C17H17Cl2N3O5/c1-3-6-22-14(20)13(15(24)21(2)17(22)26)12(23)8-27-16(25)10-7-9(18)4-5-11(10)19/h4-5,7H,3,6,8,20H2,1-2H3. The number of benzene rings is 1. The maximum Gasteiger partial charge on any atom is 0.340 e. The molecule has 8 nitrogen and oxygen atoms in total. The number of halogens is 2. The van der Waals surface area contributed by atoms with E-state index in [-0.39, 0.29) is 28.0 Å². The maximum absolute atomic E-state index is 12.4. The number of Topliss-reactive ketones (excluding diaryl/α,β-unsaturated/α-hetero) is 1. The summed E-state index contributed by atoms with van der Waals surface area (Å²) in [6.45, 7) is 1.30. The first kappa shape index (κ1) is 20.7. The number of hydrogen-bond donors (Lipinski definition) is 1. The molecular formula is C17H17Cl2N3O5. The van der Waals surface area contributed by atoms with Gasteiger partial charge >= 0.3 is 11.7 Å². The molecule has 0 spiro atoms. The zero-order valence-corrected chi connectivity index (χ0v) is 16.1. The number of anilines is 1. The van der Waals surface area contributed by atoms with Crippen molar-refractivity contribution in [1.29, 1.82) is 0 Å². The van der Waals surface area contributed by atoms with Gasteiger partial charge in [0.15, 0.2) is 6.61 Å². The van der Waals surface area contributed by atoms with Gasteiger partial charge in [-0.15, -0.1) is 0 Å².